The molecule has 0 aromatic rings. The van der Waals surface area contributed by atoms with E-state index in [2.05, 4.69) is 16.0 Å². The van der Waals surface area contributed by atoms with Gasteiger partial charge in [0.2, 0.25) is 17.7 Å². The normalized spacial score (nSPS) is 14.2. The molecule has 0 radical (unpaired) electrons. The Balaban J connectivity index is 5.48. The van der Waals surface area contributed by atoms with Crippen molar-refractivity contribution in [3.05, 3.63) is 0 Å². The van der Waals surface area contributed by atoms with E-state index in [-0.39, 0.29) is 19.3 Å². The third kappa shape index (κ3) is 15.8. The number of amides is 3. The Bertz CT molecular complexity index is 724. The molecule has 0 aromatic heterocycles. The molecule has 0 heterocycles. The van der Waals surface area contributed by atoms with Crippen molar-refractivity contribution < 1.29 is 34.2 Å². The molecule has 4 unspecified atom stereocenters. The molecule has 0 bridgehead atoms. The van der Waals surface area contributed by atoms with Gasteiger partial charge in [0, 0.05) is 6.42 Å². The van der Waals surface area contributed by atoms with Crippen molar-refractivity contribution in [3.63, 3.8) is 0 Å². The van der Waals surface area contributed by atoms with Crippen molar-refractivity contribution in [1.29, 1.82) is 0 Å². The van der Waals surface area contributed by atoms with E-state index in [9.17, 15) is 29.1 Å². The van der Waals surface area contributed by atoms with Crippen LogP contribution in [0.1, 0.15) is 70.6 Å². The fraction of sp³-hybridized carbons (Fsp3) is 0.783. The first-order valence-corrected chi connectivity index (χ1v) is 12.8. The van der Waals surface area contributed by atoms with E-state index in [0.29, 0.717) is 64.6 Å². The zero-order chi connectivity index (χ0) is 28.2. The summed E-state index contributed by atoms with van der Waals surface area (Å²) in [7, 11) is 0. The van der Waals surface area contributed by atoms with Crippen LogP contribution < -0.4 is 38.9 Å². The van der Waals surface area contributed by atoms with Crippen molar-refractivity contribution in [2.24, 2.45) is 22.9 Å². The molecule has 0 saturated heterocycles. The van der Waals surface area contributed by atoms with Crippen LogP contribution in [0.5, 0.6) is 0 Å². The van der Waals surface area contributed by atoms with Gasteiger partial charge in [-0.15, -0.1) is 0 Å². The molecule has 14 nitrogen and oxygen atoms in total. The Morgan fingerprint density at radius 3 is 1.43 bits per heavy atom. The fourth-order valence-electron chi connectivity index (χ4n) is 3.51. The van der Waals surface area contributed by atoms with Gasteiger partial charge in [-0.05, 0) is 77.4 Å². The standard InChI is InChI=1S/C23H45N7O7/c24-12-4-1-7-15(27)20(33)28-16(8-2-5-13-25)21(34)29-17(10-11-19(31)32)22(35)30-18(23(36)37)9-3-6-14-26/h15-18H,1-14,24-27H2,(H,28,33)(H,29,34)(H,30,35)(H,31,32)(H,36,37). The maximum atomic E-state index is 13.1. The summed E-state index contributed by atoms with van der Waals surface area (Å²) < 4.78 is 0. The summed E-state index contributed by atoms with van der Waals surface area (Å²) in [5, 5.41) is 26.0. The van der Waals surface area contributed by atoms with E-state index >= 15 is 0 Å². The topological polar surface area (TPSA) is 266 Å². The summed E-state index contributed by atoms with van der Waals surface area (Å²) in [6, 6.07) is -4.45. The van der Waals surface area contributed by atoms with Crippen LogP contribution in [-0.2, 0) is 24.0 Å². The van der Waals surface area contributed by atoms with Gasteiger partial charge in [0.15, 0.2) is 0 Å². The molecule has 0 aliphatic rings. The highest BCUT2D eigenvalue weighted by molar-refractivity contribution is 5.94. The lowest BCUT2D eigenvalue weighted by Crippen LogP contribution is -2.57. The third-order valence-electron chi connectivity index (χ3n) is 5.73. The first-order chi connectivity index (χ1) is 17.6. The summed E-state index contributed by atoms with van der Waals surface area (Å²) in [5.74, 6) is -4.53. The van der Waals surface area contributed by atoms with Crippen LogP contribution in [0.3, 0.4) is 0 Å². The van der Waals surface area contributed by atoms with E-state index in [4.69, 9.17) is 28.0 Å². The molecule has 0 saturated carbocycles. The van der Waals surface area contributed by atoms with Crippen LogP contribution in [0.15, 0.2) is 0 Å². The molecular formula is C23H45N7O7. The Hall–Kier alpha value is -2.81. The molecule has 0 rings (SSSR count). The number of hydrogen-bond donors (Lipinski definition) is 9. The second-order valence-electron chi connectivity index (χ2n) is 8.91. The number of rotatable bonds is 22. The number of nitrogens with one attached hydrogen (secondary N) is 3. The average molecular weight is 532 g/mol. The Kier molecular flexibility index (Phi) is 18.7. The summed E-state index contributed by atoms with van der Waals surface area (Å²) in [4.78, 5) is 61.2. The zero-order valence-electron chi connectivity index (χ0n) is 21.5. The molecule has 214 valence electrons. The van der Waals surface area contributed by atoms with Gasteiger partial charge in [0.25, 0.3) is 0 Å². The predicted octanol–water partition coefficient (Wildman–Crippen LogP) is -1.90. The number of carboxylic acid groups (broad SMARTS) is 2. The number of nitrogens with two attached hydrogens (primary N) is 4. The zero-order valence-corrected chi connectivity index (χ0v) is 21.5. The highest BCUT2D eigenvalue weighted by Crippen LogP contribution is 2.08. The summed E-state index contributed by atoms with van der Waals surface area (Å²) in [6.45, 7) is 1.21. The highest BCUT2D eigenvalue weighted by Gasteiger charge is 2.30. The molecule has 3 amide bonds. The number of carbonyl (C=O) groups excluding carboxylic acids is 3. The lowest BCUT2D eigenvalue weighted by Gasteiger charge is -2.25. The quantitative estimate of drug-likeness (QED) is 0.0696. The van der Waals surface area contributed by atoms with Gasteiger partial charge >= 0.3 is 11.9 Å². The minimum atomic E-state index is -1.33. The van der Waals surface area contributed by atoms with Crippen molar-refractivity contribution in [2.45, 2.75) is 94.8 Å². The molecule has 14 heteroatoms. The Morgan fingerprint density at radius 1 is 0.568 bits per heavy atom. The molecule has 0 aromatic carbocycles. The van der Waals surface area contributed by atoms with Crippen LogP contribution in [0.4, 0.5) is 0 Å². The second-order valence-corrected chi connectivity index (χ2v) is 8.91. The third-order valence-corrected chi connectivity index (χ3v) is 5.73. The van der Waals surface area contributed by atoms with Gasteiger partial charge < -0.3 is 49.1 Å². The number of carbonyl (C=O) groups is 5. The molecule has 0 aliphatic carbocycles. The van der Waals surface area contributed by atoms with Crippen molar-refractivity contribution in [1.82, 2.24) is 16.0 Å². The van der Waals surface area contributed by atoms with Crippen LogP contribution >= 0.6 is 0 Å². The van der Waals surface area contributed by atoms with E-state index in [1.807, 2.05) is 0 Å². The fourth-order valence-corrected chi connectivity index (χ4v) is 3.51. The first kappa shape index (κ1) is 34.2. The molecule has 4 atom stereocenters. The lowest BCUT2D eigenvalue weighted by atomic mass is 10.0. The number of carboxylic acids is 2. The Morgan fingerprint density at radius 2 is 0.973 bits per heavy atom. The molecule has 0 spiro atoms. The minimum absolute atomic E-state index is 0.123. The number of unbranched alkanes of at least 4 members (excludes halogenated alkanes) is 3. The molecule has 0 aliphatic heterocycles. The highest BCUT2D eigenvalue weighted by atomic mass is 16.4. The van der Waals surface area contributed by atoms with Gasteiger partial charge in [-0.3, -0.25) is 19.2 Å². The summed E-state index contributed by atoms with van der Waals surface area (Å²) in [6.07, 6.45) is 3.46. The van der Waals surface area contributed by atoms with E-state index < -0.39 is 60.2 Å². The molecular weight excluding hydrogens is 486 g/mol. The Labute approximate surface area is 217 Å². The van der Waals surface area contributed by atoms with Gasteiger partial charge in [0.05, 0.1) is 6.04 Å². The van der Waals surface area contributed by atoms with Gasteiger partial charge in [-0.2, -0.15) is 0 Å². The molecule has 13 N–H and O–H groups in total. The average Bonchev–Trinajstić information content (AvgIpc) is 2.84. The number of aliphatic carboxylic acids is 2. The monoisotopic (exact) mass is 531 g/mol. The van der Waals surface area contributed by atoms with Crippen molar-refractivity contribution in [2.75, 3.05) is 19.6 Å². The van der Waals surface area contributed by atoms with Crippen molar-refractivity contribution >= 4 is 29.7 Å². The van der Waals surface area contributed by atoms with Crippen LogP contribution in [0, 0.1) is 0 Å². The van der Waals surface area contributed by atoms with Gasteiger partial charge in [-0.25, -0.2) is 4.79 Å². The minimum Gasteiger partial charge on any atom is -0.481 e. The SMILES string of the molecule is NCCCCC(N)C(=O)NC(CCCCN)C(=O)NC(CCC(=O)O)C(=O)NC(CCCCN)C(=O)O. The largest absolute Gasteiger partial charge is 0.481 e. The van der Waals surface area contributed by atoms with Gasteiger partial charge in [0.1, 0.15) is 18.1 Å². The number of hydrogen-bond acceptors (Lipinski definition) is 9. The summed E-state index contributed by atoms with van der Waals surface area (Å²) >= 11 is 0. The predicted molar refractivity (Wildman–Crippen MR) is 137 cm³/mol. The maximum Gasteiger partial charge on any atom is 0.326 e. The maximum absolute atomic E-state index is 13.1. The van der Waals surface area contributed by atoms with Crippen LogP contribution in [-0.4, -0.2) is 83.7 Å². The van der Waals surface area contributed by atoms with E-state index in [0.717, 1.165) is 0 Å². The van der Waals surface area contributed by atoms with E-state index in [1.165, 1.54) is 0 Å². The molecule has 37 heavy (non-hydrogen) atoms. The smallest absolute Gasteiger partial charge is 0.326 e. The van der Waals surface area contributed by atoms with Crippen LogP contribution in [0.2, 0.25) is 0 Å². The molecule has 0 fully saturated rings. The van der Waals surface area contributed by atoms with E-state index in [1.54, 1.807) is 0 Å². The van der Waals surface area contributed by atoms with Gasteiger partial charge in [-0.1, -0.05) is 6.42 Å². The lowest BCUT2D eigenvalue weighted by molar-refractivity contribution is -0.143. The van der Waals surface area contributed by atoms with Crippen LogP contribution in [0.25, 0.3) is 0 Å². The van der Waals surface area contributed by atoms with Crippen molar-refractivity contribution in [3.8, 4) is 0 Å². The summed E-state index contributed by atoms with van der Waals surface area (Å²) in [5.41, 5.74) is 22.3. The second kappa shape index (κ2) is 20.3. The first-order valence-electron chi connectivity index (χ1n) is 12.8.